The Morgan fingerprint density at radius 3 is 2.06 bits per heavy atom. The third-order valence-corrected chi connectivity index (χ3v) is 3.17. The highest BCUT2D eigenvalue weighted by atomic mass is 35.5. The van der Waals surface area contributed by atoms with Crippen molar-refractivity contribution in [3.63, 3.8) is 0 Å². The predicted octanol–water partition coefficient (Wildman–Crippen LogP) is 5.29. The molecular weight excluding hydrogens is 261 g/mol. The van der Waals surface area contributed by atoms with Crippen LogP contribution in [-0.4, -0.2) is 5.38 Å². The van der Waals surface area contributed by atoms with Gasteiger partial charge < -0.3 is 0 Å². The van der Waals surface area contributed by atoms with Crippen LogP contribution < -0.4 is 0 Å². The Labute approximate surface area is 111 Å². The third-order valence-electron chi connectivity index (χ3n) is 2.80. The van der Waals surface area contributed by atoms with Gasteiger partial charge in [0, 0.05) is 5.38 Å². The maximum Gasteiger partial charge on any atom is 0.416 e. The monoisotopic (exact) mass is 278 g/mol. The lowest BCUT2D eigenvalue weighted by molar-refractivity contribution is -0.137. The summed E-state index contributed by atoms with van der Waals surface area (Å²) in [6.07, 6.45) is -1.72. The van der Waals surface area contributed by atoms with Gasteiger partial charge in [0.2, 0.25) is 0 Å². The second-order valence-corrected chi connectivity index (χ2v) is 5.58. The molecule has 0 aliphatic carbocycles. The Morgan fingerprint density at radius 1 is 1.06 bits per heavy atom. The van der Waals surface area contributed by atoms with Crippen LogP contribution in [0.2, 0.25) is 0 Å². The van der Waals surface area contributed by atoms with E-state index in [2.05, 4.69) is 13.8 Å². The molecule has 0 N–H and O–H groups in total. The van der Waals surface area contributed by atoms with Gasteiger partial charge in [0.15, 0.2) is 0 Å². The lowest BCUT2D eigenvalue weighted by Gasteiger charge is -2.12. The molecule has 0 aliphatic heterocycles. The van der Waals surface area contributed by atoms with Crippen LogP contribution in [0.15, 0.2) is 24.3 Å². The first-order valence-electron chi connectivity index (χ1n) is 6.09. The minimum atomic E-state index is -4.27. The van der Waals surface area contributed by atoms with Crippen LogP contribution in [0.5, 0.6) is 0 Å². The van der Waals surface area contributed by atoms with Gasteiger partial charge in [0.05, 0.1) is 5.56 Å². The molecular formula is C14H18ClF3. The van der Waals surface area contributed by atoms with E-state index in [-0.39, 0.29) is 5.38 Å². The summed E-state index contributed by atoms with van der Waals surface area (Å²) in [4.78, 5) is 0. The highest BCUT2D eigenvalue weighted by Crippen LogP contribution is 2.29. The lowest BCUT2D eigenvalue weighted by Crippen LogP contribution is -2.07. The molecule has 0 aliphatic rings. The number of halogens is 4. The molecule has 0 nitrogen and oxygen atoms in total. The molecule has 4 heteroatoms. The van der Waals surface area contributed by atoms with Crippen molar-refractivity contribution in [2.45, 2.75) is 44.7 Å². The molecule has 0 saturated heterocycles. The van der Waals surface area contributed by atoms with Crippen LogP contribution in [0.1, 0.15) is 37.8 Å². The summed E-state index contributed by atoms with van der Waals surface area (Å²) in [5, 5.41) is -0.0101. The molecule has 1 aromatic rings. The van der Waals surface area contributed by atoms with Gasteiger partial charge in [-0.3, -0.25) is 0 Å². The van der Waals surface area contributed by atoms with Crippen molar-refractivity contribution in [3.8, 4) is 0 Å². The molecule has 0 radical (unpaired) electrons. The predicted molar refractivity (Wildman–Crippen MR) is 68.9 cm³/mol. The zero-order valence-electron chi connectivity index (χ0n) is 10.6. The van der Waals surface area contributed by atoms with Crippen LogP contribution in [0.25, 0.3) is 0 Å². The molecule has 0 fully saturated rings. The summed E-state index contributed by atoms with van der Waals surface area (Å²) < 4.78 is 37.1. The van der Waals surface area contributed by atoms with Crippen LogP contribution in [0.3, 0.4) is 0 Å². The van der Waals surface area contributed by atoms with E-state index in [4.69, 9.17) is 11.6 Å². The fourth-order valence-corrected chi connectivity index (χ4v) is 2.01. The number of benzene rings is 1. The van der Waals surface area contributed by atoms with Crippen molar-refractivity contribution in [2.24, 2.45) is 5.92 Å². The fraction of sp³-hybridized carbons (Fsp3) is 0.571. The smallest absolute Gasteiger partial charge is 0.166 e. The van der Waals surface area contributed by atoms with E-state index >= 15 is 0 Å². The van der Waals surface area contributed by atoms with Crippen molar-refractivity contribution in [2.75, 3.05) is 0 Å². The summed E-state index contributed by atoms with van der Waals surface area (Å²) >= 11 is 6.17. The van der Waals surface area contributed by atoms with Gasteiger partial charge in [-0.15, -0.1) is 11.6 Å². The zero-order valence-corrected chi connectivity index (χ0v) is 11.4. The average molecular weight is 279 g/mol. The number of hydrogen-bond donors (Lipinski definition) is 0. The summed E-state index contributed by atoms with van der Waals surface area (Å²) in [5.41, 5.74) is 0.242. The molecule has 1 atom stereocenters. The Kier molecular flexibility index (Phi) is 5.51. The third kappa shape index (κ3) is 5.30. The zero-order chi connectivity index (χ0) is 13.8. The first-order valence-corrected chi connectivity index (χ1v) is 6.53. The standard InChI is InChI=1S/C14H18ClF3/c1-10(2)3-8-13(15)9-11-4-6-12(7-5-11)14(16,17)18/h4-7,10,13H,3,8-9H2,1-2H3. The van der Waals surface area contributed by atoms with Crippen LogP contribution >= 0.6 is 11.6 Å². The van der Waals surface area contributed by atoms with E-state index < -0.39 is 11.7 Å². The molecule has 0 bridgehead atoms. The molecule has 1 unspecified atom stereocenters. The van der Waals surface area contributed by atoms with E-state index in [1.165, 1.54) is 12.1 Å². The van der Waals surface area contributed by atoms with Gasteiger partial charge in [-0.1, -0.05) is 26.0 Å². The minimum Gasteiger partial charge on any atom is -0.166 e. The van der Waals surface area contributed by atoms with Gasteiger partial charge in [0.1, 0.15) is 0 Å². The van der Waals surface area contributed by atoms with Gasteiger partial charge in [0.25, 0.3) is 0 Å². The van der Waals surface area contributed by atoms with Gasteiger partial charge in [-0.25, -0.2) is 0 Å². The largest absolute Gasteiger partial charge is 0.416 e. The van der Waals surface area contributed by atoms with Crippen LogP contribution in [0, 0.1) is 5.92 Å². The van der Waals surface area contributed by atoms with Gasteiger partial charge >= 0.3 is 6.18 Å². The first kappa shape index (κ1) is 15.4. The van der Waals surface area contributed by atoms with E-state index in [0.717, 1.165) is 30.5 Å². The van der Waals surface area contributed by atoms with Crippen molar-refractivity contribution in [1.29, 1.82) is 0 Å². The minimum absolute atomic E-state index is 0.0101. The van der Waals surface area contributed by atoms with Crippen molar-refractivity contribution < 1.29 is 13.2 Å². The molecule has 1 rings (SSSR count). The number of hydrogen-bond acceptors (Lipinski definition) is 0. The van der Waals surface area contributed by atoms with E-state index in [1.807, 2.05) is 0 Å². The Balaban J connectivity index is 2.53. The quantitative estimate of drug-likeness (QED) is 0.642. The Morgan fingerprint density at radius 2 is 1.61 bits per heavy atom. The van der Waals surface area contributed by atoms with Crippen molar-refractivity contribution >= 4 is 11.6 Å². The van der Waals surface area contributed by atoms with Crippen LogP contribution in [-0.2, 0) is 12.6 Å². The summed E-state index contributed by atoms with van der Waals surface area (Å²) in [7, 11) is 0. The SMILES string of the molecule is CC(C)CCC(Cl)Cc1ccc(C(F)(F)F)cc1. The lowest BCUT2D eigenvalue weighted by atomic mass is 10.0. The van der Waals surface area contributed by atoms with E-state index in [9.17, 15) is 13.2 Å². The van der Waals surface area contributed by atoms with Crippen molar-refractivity contribution in [1.82, 2.24) is 0 Å². The molecule has 0 saturated carbocycles. The summed E-state index contributed by atoms with van der Waals surface area (Å²) in [6, 6.07) is 5.24. The maximum atomic E-state index is 12.4. The first-order chi connectivity index (χ1) is 8.29. The van der Waals surface area contributed by atoms with E-state index in [0.29, 0.717) is 12.3 Å². The molecule has 0 heterocycles. The number of rotatable bonds is 5. The molecule has 1 aromatic carbocycles. The second-order valence-electron chi connectivity index (χ2n) is 4.97. The number of alkyl halides is 4. The summed E-state index contributed by atoms with van der Waals surface area (Å²) in [6.45, 7) is 4.25. The molecule has 102 valence electrons. The maximum absolute atomic E-state index is 12.4. The summed E-state index contributed by atoms with van der Waals surface area (Å²) in [5.74, 6) is 0.596. The van der Waals surface area contributed by atoms with Gasteiger partial charge in [-0.2, -0.15) is 13.2 Å². The highest BCUT2D eigenvalue weighted by molar-refractivity contribution is 6.20. The van der Waals surface area contributed by atoms with Crippen LogP contribution in [0.4, 0.5) is 13.2 Å². The Hall–Kier alpha value is -0.700. The average Bonchev–Trinajstić information content (AvgIpc) is 2.26. The van der Waals surface area contributed by atoms with Crippen molar-refractivity contribution in [3.05, 3.63) is 35.4 Å². The van der Waals surface area contributed by atoms with Gasteiger partial charge in [-0.05, 0) is 42.9 Å². The molecule has 0 aromatic heterocycles. The molecule has 0 amide bonds. The fourth-order valence-electron chi connectivity index (χ4n) is 1.70. The normalized spacial score (nSPS) is 13.9. The molecule has 0 spiro atoms. The highest BCUT2D eigenvalue weighted by Gasteiger charge is 2.29. The topological polar surface area (TPSA) is 0 Å². The Bertz CT molecular complexity index is 354. The second kappa shape index (κ2) is 6.46. The molecule has 18 heavy (non-hydrogen) atoms. The van der Waals surface area contributed by atoms with E-state index in [1.54, 1.807) is 0 Å².